The van der Waals surface area contributed by atoms with E-state index < -0.39 is 5.54 Å². The fourth-order valence-electron chi connectivity index (χ4n) is 2.15. The Morgan fingerprint density at radius 1 is 1.47 bits per heavy atom. The van der Waals surface area contributed by atoms with Crippen molar-refractivity contribution in [3.05, 3.63) is 35.6 Å². The summed E-state index contributed by atoms with van der Waals surface area (Å²) in [5.74, 6) is 0.00635. The standard InChI is InChI=1S/C15H20FNO2/c1-15(14(18)19-2,17-10-11-7-8-11)9-12-5-3-4-6-13(12)16/h3-6,11,17H,7-10H2,1-2H3. The van der Waals surface area contributed by atoms with Crippen LogP contribution in [0.4, 0.5) is 4.39 Å². The first-order valence-electron chi connectivity index (χ1n) is 6.62. The van der Waals surface area contributed by atoms with Crippen molar-refractivity contribution in [1.82, 2.24) is 5.32 Å². The summed E-state index contributed by atoms with van der Waals surface area (Å²) in [6.07, 6.45) is 2.69. The number of esters is 1. The van der Waals surface area contributed by atoms with Gasteiger partial charge in [0.25, 0.3) is 0 Å². The average molecular weight is 265 g/mol. The molecule has 0 amide bonds. The second-order valence-corrected chi connectivity index (χ2v) is 5.42. The lowest BCUT2D eigenvalue weighted by Gasteiger charge is -2.28. The highest BCUT2D eigenvalue weighted by Crippen LogP contribution is 2.29. The van der Waals surface area contributed by atoms with E-state index in [0.717, 1.165) is 6.54 Å². The molecular formula is C15H20FNO2. The van der Waals surface area contributed by atoms with Crippen LogP contribution < -0.4 is 5.32 Å². The van der Waals surface area contributed by atoms with E-state index in [2.05, 4.69) is 5.32 Å². The van der Waals surface area contributed by atoms with Crippen molar-refractivity contribution >= 4 is 5.97 Å². The number of ether oxygens (including phenoxy) is 1. The van der Waals surface area contributed by atoms with E-state index in [4.69, 9.17) is 4.74 Å². The van der Waals surface area contributed by atoms with E-state index in [1.54, 1.807) is 25.1 Å². The van der Waals surface area contributed by atoms with Crippen LogP contribution in [0.25, 0.3) is 0 Å². The lowest BCUT2D eigenvalue weighted by atomic mass is 9.92. The van der Waals surface area contributed by atoms with Gasteiger partial charge in [0.05, 0.1) is 7.11 Å². The van der Waals surface area contributed by atoms with Gasteiger partial charge in [0.1, 0.15) is 11.4 Å². The predicted octanol–water partition coefficient (Wildman–Crippen LogP) is 2.30. The Balaban J connectivity index is 2.12. The minimum Gasteiger partial charge on any atom is -0.468 e. The highest BCUT2D eigenvalue weighted by Gasteiger charge is 2.36. The Hall–Kier alpha value is -1.42. The number of hydrogen-bond donors (Lipinski definition) is 1. The van der Waals surface area contributed by atoms with Gasteiger partial charge in [-0.05, 0) is 43.9 Å². The molecule has 3 nitrogen and oxygen atoms in total. The summed E-state index contributed by atoms with van der Waals surface area (Å²) in [5, 5.41) is 3.24. The molecule has 1 atom stereocenters. The fourth-order valence-corrected chi connectivity index (χ4v) is 2.15. The molecule has 0 heterocycles. The van der Waals surface area contributed by atoms with Crippen molar-refractivity contribution < 1.29 is 13.9 Å². The van der Waals surface area contributed by atoms with Gasteiger partial charge in [-0.15, -0.1) is 0 Å². The quantitative estimate of drug-likeness (QED) is 0.802. The normalized spacial score (nSPS) is 17.8. The number of nitrogens with one attached hydrogen (secondary N) is 1. The maximum Gasteiger partial charge on any atom is 0.326 e. The van der Waals surface area contributed by atoms with Crippen LogP contribution in [0, 0.1) is 11.7 Å². The van der Waals surface area contributed by atoms with Gasteiger partial charge in [-0.2, -0.15) is 0 Å². The highest BCUT2D eigenvalue weighted by molar-refractivity contribution is 5.80. The molecule has 0 aromatic heterocycles. The molecule has 19 heavy (non-hydrogen) atoms. The first-order valence-corrected chi connectivity index (χ1v) is 6.62. The van der Waals surface area contributed by atoms with E-state index in [1.165, 1.54) is 26.0 Å². The van der Waals surface area contributed by atoms with Gasteiger partial charge in [0.2, 0.25) is 0 Å². The van der Waals surface area contributed by atoms with Crippen LogP contribution in [0.5, 0.6) is 0 Å². The summed E-state index contributed by atoms with van der Waals surface area (Å²) >= 11 is 0. The van der Waals surface area contributed by atoms with Crippen LogP contribution in [-0.4, -0.2) is 25.2 Å². The largest absolute Gasteiger partial charge is 0.468 e. The minimum atomic E-state index is -0.875. The number of benzene rings is 1. The molecule has 0 radical (unpaired) electrons. The number of rotatable bonds is 6. The zero-order valence-corrected chi connectivity index (χ0v) is 11.4. The topological polar surface area (TPSA) is 38.3 Å². The van der Waals surface area contributed by atoms with E-state index >= 15 is 0 Å². The fraction of sp³-hybridized carbons (Fsp3) is 0.533. The maximum absolute atomic E-state index is 13.7. The molecule has 0 bridgehead atoms. The van der Waals surface area contributed by atoms with Crippen LogP contribution in [0.1, 0.15) is 25.3 Å². The molecule has 1 saturated carbocycles. The molecule has 4 heteroatoms. The Morgan fingerprint density at radius 3 is 2.74 bits per heavy atom. The summed E-state index contributed by atoms with van der Waals surface area (Å²) in [5.41, 5.74) is -0.349. The summed E-state index contributed by atoms with van der Waals surface area (Å²) < 4.78 is 18.6. The Kier molecular flexibility index (Phi) is 4.20. The van der Waals surface area contributed by atoms with E-state index in [0.29, 0.717) is 17.9 Å². The molecule has 1 aromatic rings. The molecule has 0 saturated heterocycles. The number of methoxy groups -OCH3 is 1. The van der Waals surface area contributed by atoms with Gasteiger partial charge in [0.15, 0.2) is 0 Å². The van der Waals surface area contributed by atoms with Crippen LogP contribution in [0.15, 0.2) is 24.3 Å². The number of halogens is 1. The van der Waals surface area contributed by atoms with Crippen molar-refractivity contribution in [2.45, 2.75) is 31.7 Å². The first-order chi connectivity index (χ1) is 9.05. The molecule has 1 fully saturated rings. The van der Waals surface area contributed by atoms with Crippen molar-refractivity contribution in [2.24, 2.45) is 5.92 Å². The summed E-state index contributed by atoms with van der Waals surface area (Å²) in [6.45, 7) is 2.55. The lowest BCUT2D eigenvalue weighted by Crippen LogP contribution is -2.52. The molecule has 2 rings (SSSR count). The number of carbonyl (C=O) groups is 1. The van der Waals surface area contributed by atoms with E-state index in [-0.39, 0.29) is 11.8 Å². The maximum atomic E-state index is 13.7. The molecule has 1 aromatic carbocycles. The third-order valence-corrected chi connectivity index (χ3v) is 3.62. The average Bonchev–Trinajstić information content (AvgIpc) is 3.22. The van der Waals surface area contributed by atoms with Crippen molar-refractivity contribution in [3.63, 3.8) is 0 Å². The second kappa shape index (κ2) is 5.70. The molecule has 1 N–H and O–H groups in total. The van der Waals surface area contributed by atoms with Crippen LogP contribution in [0.2, 0.25) is 0 Å². The van der Waals surface area contributed by atoms with Crippen molar-refractivity contribution in [1.29, 1.82) is 0 Å². The molecule has 1 unspecified atom stereocenters. The lowest BCUT2D eigenvalue weighted by molar-refractivity contribution is -0.147. The van der Waals surface area contributed by atoms with Gasteiger partial charge in [-0.3, -0.25) is 4.79 Å². The zero-order chi connectivity index (χ0) is 13.9. The third-order valence-electron chi connectivity index (χ3n) is 3.62. The molecule has 1 aliphatic carbocycles. The first kappa shape index (κ1) is 14.0. The van der Waals surface area contributed by atoms with Crippen LogP contribution >= 0.6 is 0 Å². The van der Waals surface area contributed by atoms with Crippen LogP contribution in [0.3, 0.4) is 0 Å². The molecular weight excluding hydrogens is 245 g/mol. The van der Waals surface area contributed by atoms with Crippen molar-refractivity contribution in [3.8, 4) is 0 Å². The van der Waals surface area contributed by atoms with Gasteiger partial charge >= 0.3 is 5.97 Å². The summed E-state index contributed by atoms with van der Waals surface area (Å²) in [7, 11) is 1.36. The molecule has 1 aliphatic rings. The second-order valence-electron chi connectivity index (χ2n) is 5.42. The Morgan fingerprint density at radius 2 is 2.16 bits per heavy atom. The van der Waals surface area contributed by atoms with E-state index in [9.17, 15) is 9.18 Å². The number of hydrogen-bond acceptors (Lipinski definition) is 3. The minimum absolute atomic E-state index is 0.286. The highest BCUT2D eigenvalue weighted by atomic mass is 19.1. The Bertz CT molecular complexity index is 459. The number of carbonyl (C=O) groups excluding carboxylic acids is 1. The predicted molar refractivity (Wildman–Crippen MR) is 71.3 cm³/mol. The smallest absolute Gasteiger partial charge is 0.326 e. The molecule has 0 aliphatic heterocycles. The van der Waals surface area contributed by atoms with Crippen molar-refractivity contribution in [2.75, 3.05) is 13.7 Å². The van der Waals surface area contributed by atoms with E-state index in [1.807, 2.05) is 0 Å². The SMILES string of the molecule is COC(=O)C(C)(Cc1ccccc1F)NCC1CC1. The van der Waals surface area contributed by atoms with Gasteiger partial charge in [-0.1, -0.05) is 18.2 Å². The van der Waals surface area contributed by atoms with Gasteiger partial charge in [0, 0.05) is 6.42 Å². The van der Waals surface area contributed by atoms with Crippen LogP contribution in [-0.2, 0) is 16.0 Å². The Labute approximate surface area is 113 Å². The van der Waals surface area contributed by atoms with Gasteiger partial charge < -0.3 is 10.1 Å². The third kappa shape index (κ3) is 3.53. The zero-order valence-electron chi connectivity index (χ0n) is 11.4. The van der Waals surface area contributed by atoms with Gasteiger partial charge in [-0.25, -0.2) is 4.39 Å². The molecule has 0 spiro atoms. The summed E-state index contributed by atoms with van der Waals surface area (Å²) in [6, 6.07) is 6.53. The summed E-state index contributed by atoms with van der Waals surface area (Å²) in [4.78, 5) is 12.0. The monoisotopic (exact) mass is 265 g/mol. The molecule has 104 valence electrons.